The van der Waals surface area contributed by atoms with Gasteiger partial charge in [0.05, 0.1) is 6.10 Å². The van der Waals surface area contributed by atoms with Gasteiger partial charge in [-0.15, -0.1) is 0 Å². The molecule has 2 aliphatic rings. The van der Waals surface area contributed by atoms with Crippen LogP contribution in [0.2, 0.25) is 18.1 Å². The maximum absolute atomic E-state index is 7.08. The summed E-state index contributed by atoms with van der Waals surface area (Å²) in [6, 6.07) is 10.4. The molecule has 0 aromatic heterocycles. The lowest BCUT2D eigenvalue weighted by Crippen LogP contribution is -2.50. The van der Waals surface area contributed by atoms with Gasteiger partial charge in [0.25, 0.3) is 0 Å². The first-order chi connectivity index (χ1) is 15.6. The second kappa shape index (κ2) is 10.8. The molecule has 33 heavy (non-hydrogen) atoms. The molecule has 0 amide bonds. The van der Waals surface area contributed by atoms with Crippen molar-refractivity contribution in [2.75, 3.05) is 0 Å². The summed E-state index contributed by atoms with van der Waals surface area (Å²) in [6.45, 7) is 14.2. The predicted molar refractivity (Wildman–Crippen MR) is 146 cm³/mol. The summed E-state index contributed by atoms with van der Waals surface area (Å²) >= 11 is 0. The third-order valence-electron chi connectivity index (χ3n) is 8.52. The van der Waals surface area contributed by atoms with Crippen LogP contribution in [0.1, 0.15) is 91.0 Å². The van der Waals surface area contributed by atoms with Crippen molar-refractivity contribution < 1.29 is 4.43 Å². The molecule has 0 bridgehead atoms. The average Bonchev–Trinajstić information content (AvgIpc) is 2.73. The zero-order valence-electron chi connectivity index (χ0n) is 22.0. The molecule has 1 nitrogen and oxygen atoms in total. The molecular formula is C31H46OSi. The Hall–Kier alpha value is -1.56. The zero-order chi connectivity index (χ0) is 24.0. The van der Waals surface area contributed by atoms with Crippen LogP contribution >= 0.6 is 0 Å². The van der Waals surface area contributed by atoms with Crippen LogP contribution in [0.25, 0.3) is 0 Å². The van der Waals surface area contributed by atoms with Gasteiger partial charge in [0.1, 0.15) is 0 Å². The number of allylic oxidation sites excluding steroid dienone is 3. The Morgan fingerprint density at radius 2 is 1.64 bits per heavy atom. The van der Waals surface area contributed by atoms with E-state index < -0.39 is 8.32 Å². The minimum atomic E-state index is -1.89. The first-order valence-corrected chi connectivity index (χ1v) is 16.0. The van der Waals surface area contributed by atoms with Gasteiger partial charge in [-0.05, 0) is 61.4 Å². The van der Waals surface area contributed by atoms with Gasteiger partial charge in [-0.2, -0.15) is 0 Å². The van der Waals surface area contributed by atoms with Crippen LogP contribution in [-0.4, -0.2) is 14.4 Å². The maximum atomic E-state index is 7.08. The third-order valence-corrected chi connectivity index (χ3v) is 13.0. The van der Waals surface area contributed by atoms with Crippen molar-refractivity contribution in [3.05, 3.63) is 60.2 Å². The van der Waals surface area contributed by atoms with E-state index in [4.69, 9.17) is 4.43 Å². The van der Waals surface area contributed by atoms with Crippen molar-refractivity contribution in [1.82, 2.24) is 0 Å². The molecule has 0 saturated heterocycles. The van der Waals surface area contributed by atoms with Gasteiger partial charge in [0, 0.05) is 17.4 Å². The van der Waals surface area contributed by atoms with Crippen LogP contribution in [0.5, 0.6) is 0 Å². The van der Waals surface area contributed by atoms with Crippen LogP contribution in [0, 0.1) is 22.7 Å². The quantitative estimate of drug-likeness (QED) is 0.223. The lowest BCUT2D eigenvalue weighted by atomic mass is 9.63. The summed E-state index contributed by atoms with van der Waals surface area (Å²) in [5, 5.41) is 0.200. The predicted octanol–water partition coefficient (Wildman–Crippen LogP) is 9.07. The highest BCUT2D eigenvalue weighted by Crippen LogP contribution is 2.50. The van der Waals surface area contributed by atoms with Crippen LogP contribution in [-0.2, 0) is 4.43 Å². The largest absolute Gasteiger partial charge is 0.410 e. The highest BCUT2D eigenvalue weighted by molar-refractivity contribution is 6.74. The fraction of sp³-hybridized carbons (Fsp3) is 0.613. The number of hydrogen-bond donors (Lipinski definition) is 0. The Kier molecular flexibility index (Phi) is 8.52. The van der Waals surface area contributed by atoms with Crippen molar-refractivity contribution in [3.63, 3.8) is 0 Å². The second-order valence-electron chi connectivity index (χ2n) is 12.3. The lowest BCUT2D eigenvalue weighted by Gasteiger charge is -2.50. The van der Waals surface area contributed by atoms with Gasteiger partial charge in [0.2, 0.25) is 0 Å². The van der Waals surface area contributed by atoms with E-state index in [1.165, 1.54) is 51.4 Å². The van der Waals surface area contributed by atoms with Crippen molar-refractivity contribution >= 4 is 8.32 Å². The molecular weight excluding hydrogens is 416 g/mol. The van der Waals surface area contributed by atoms with E-state index >= 15 is 0 Å². The number of hydrogen-bond acceptors (Lipinski definition) is 1. The standard InChI is InChI=1S/C31H46OSi/c1-29(2,3)33(5,6)32-28(20-11-14-23-30(4)21-12-8-13-22-30)31(25-16-26-31)24-15-19-27-17-9-7-10-18-27/h7,9-11,14,17-18,20,23,28H,8,12-13,16,21-22,24-26H2,1-6H3/b20-11+,23-14+/t28-/m0/s1. The first-order valence-electron chi connectivity index (χ1n) is 13.1. The Labute approximate surface area is 205 Å². The Morgan fingerprint density at radius 1 is 0.970 bits per heavy atom. The van der Waals surface area contributed by atoms with Crippen molar-refractivity contribution in [1.29, 1.82) is 0 Å². The van der Waals surface area contributed by atoms with Crippen molar-refractivity contribution in [2.45, 2.75) is 110 Å². The highest BCUT2D eigenvalue weighted by atomic mass is 28.4. The van der Waals surface area contributed by atoms with E-state index in [1.807, 2.05) is 6.07 Å². The molecule has 0 spiro atoms. The fourth-order valence-corrected chi connectivity index (χ4v) is 6.20. The van der Waals surface area contributed by atoms with Gasteiger partial charge in [0.15, 0.2) is 8.32 Å². The van der Waals surface area contributed by atoms with Gasteiger partial charge < -0.3 is 4.43 Å². The first kappa shape index (κ1) is 26.0. The van der Waals surface area contributed by atoms with E-state index in [0.717, 1.165) is 12.0 Å². The normalized spacial score (nSPS) is 21.4. The van der Waals surface area contributed by atoms with Crippen molar-refractivity contribution in [3.8, 4) is 11.8 Å². The van der Waals surface area contributed by atoms with E-state index in [1.54, 1.807) is 0 Å². The molecule has 1 aromatic rings. The molecule has 2 aliphatic carbocycles. The fourth-order valence-electron chi connectivity index (χ4n) is 4.88. The summed E-state index contributed by atoms with van der Waals surface area (Å²) in [5.74, 6) is 6.93. The van der Waals surface area contributed by atoms with E-state index in [-0.39, 0.29) is 16.6 Å². The highest BCUT2D eigenvalue weighted by Gasteiger charge is 2.47. The maximum Gasteiger partial charge on any atom is 0.192 e. The van der Waals surface area contributed by atoms with Gasteiger partial charge in [-0.3, -0.25) is 0 Å². The molecule has 3 rings (SSSR count). The molecule has 0 heterocycles. The smallest absolute Gasteiger partial charge is 0.192 e. The summed E-state index contributed by atoms with van der Waals surface area (Å²) in [5.41, 5.74) is 1.62. The lowest BCUT2D eigenvalue weighted by molar-refractivity contribution is 0.00682. The van der Waals surface area contributed by atoms with Crippen LogP contribution in [0.15, 0.2) is 54.6 Å². The van der Waals surface area contributed by atoms with Gasteiger partial charge in [-0.1, -0.05) is 108 Å². The number of rotatable bonds is 7. The topological polar surface area (TPSA) is 9.23 Å². The molecule has 2 fully saturated rings. The van der Waals surface area contributed by atoms with Gasteiger partial charge >= 0.3 is 0 Å². The Morgan fingerprint density at radius 3 is 2.21 bits per heavy atom. The Balaban J connectivity index is 1.80. The van der Waals surface area contributed by atoms with Crippen molar-refractivity contribution in [2.24, 2.45) is 10.8 Å². The summed E-state index contributed by atoms with van der Waals surface area (Å²) in [4.78, 5) is 0. The summed E-state index contributed by atoms with van der Waals surface area (Å²) in [7, 11) is -1.89. The van der Waals surface area contributed by atoms with Crippen LogP contribution < -0.4 is 0 Å². The molecule has 1 atom stereocenters. The number of benzene rings is 1. The van der Waals surface area contributed by atoms with E-state index in [9.17, 15) is 0 Å². The minimum Gasteiger partial charge on any atom is -0.410 e. The SMILES string of the molecule is CC1(/C=C/C=C/[C@H](O[Si](C)(C)C(C)(C)C)C2(CC#Cc3ccccc3)CCC2)CCCCC1. The molecule has 0 aliphatic heterocycles. The summed E-state index contributed by atoms with van der Waals surface area (Å²) < 4.78 is 7.08. The van der Waals surface area contributed by atoms with E-state index in [0.29, 0.717) is 5.41 Å². The molecule has 0 radical (unpaired) electrons. The van der Waals surface area contributed by atoms with Gasteiger partial charge in [-0.25, -0.2) is 0 Å². The molecule has 2 saturated carbocycles. The summed E-state index contributed by atoms with van der Waals surface area (Å²) in [6.07, 6.45) is 20.9. The van der Waals surface area contributed by atoms with Crippen LogP contribution in [0.3, 0.4) is 0 Å². The second-order valence-corrected chi connectivity index (χ2v) is 17.1. The molecule has 0 N–H and O–H groups in total. The van der Waals surface area contributed by atoms with Crippen LogP contribution in [0.4, 0.5) is 0 Å². The zero-order valence-corrected chi connectivity index (χ0v) is 23.0. The molecule has 0 unspecified atom stereocenters. The third kappa shape index (κ3) is 6.97. The molecule has 1 aromatic carbocycles. The molecule has 2 heteroatoms. The Bertz CT molecular complexity index is 865. The minimum absolute atomic E-state index is 0.140. The molecule has 180 valence electrons. The van der Waals surface area contributed by atoms with E-state index in [2.05, 4.69) is 101 Å². The average molecular weight is 463 g/mol. The monoisotopic (exact) mass is 462 g/mol.